The molecule has 0 aliphatic heterocycles. The fourth-order valence-electron chi connectivity index (χ4n) is 3.63. The van der Waals surface area contributed by atoms with Crippen LogP contribution in [-0.4, -0.2) is 29.3 Å². The van der Waals surface area contributed by atoms with Gasteiger partial charge in [0.1, 0.15) is 23.0 Å². The van der Waals surface area contributed by atoms with E-state index < -0.39 is 0 Å². The molecule has 0 aliphatic rings. The number of nitrogens with zero attached hydrogens (tertiary/aromatic N) is 3. The molecule has 1 N–H and O–H groups in total. The van der Waals surface area contributed by atoms with E-state index in [2.05, 4.69) is 10.5 Å². The van der Waals surface area contributed by atoms with Crippen LogP contribution in [0, 0.1) is 0 Å². The largest absolute Gasteiger partial charge is 0.497 e. The molecule has 7 heteroatoms. The van der Waals surface area contributed by atoms with Gasteiger partial charge in [0, 0.05) is 28.6 Å². The summed E-state index contributed by atoms with van der Waals surface area (Å²) in [6.07, 6.45) is 0. The van der Waals surface area contributed by atoms with Gasteiger partial charge in [-0.3, -0.25) is 0 Å². The molecule has 5 rings (SSSR count). The molecule has 0 amide bonds. The van der Waals surface area contributed by atoms with Crippen LogP contribution >= 0.6 is 0 Å². The number of rotatable bonds is 7. The lowest BCUT2D eigenvalue weighted by molar-refractivity contribution is 0.386. The van der Waals surface area contributed by atoms with Gasteiger partial charge in [0.2, 0.25) is 0 Å². The highest BCUT2D eigenvalue weighted by Gasteiger charge is 2.14. The van der Waals surface area contributed by atoms with Crippen molar-refractivity contribution in [2.75, 3.05) is 19.5 Å². The van der Waals surface area contributed by atoms with E-state index in [1.807, 2.05) is 78.9 Å². The van der Waals surface area contributed by atoms with Gasteiger partial charge >= 0.3 is 0 Å². The lowest BCUT2D eigenvalue weighted by atomic mass is 10.1. The smallest absolute Gasteiger partial charge is 0.162 e. The third-order valence-electron chi connectivity index (χ3n) is 5.31. The molecule has 2 heterocycles. The van der Waals surface area contributed by atoms with E-state index in [1.165, 1.54) is 0 Å². The zero-order chi connectivity index (χ0) is 22.6. The van der Waals surface area contributed by atoms with Crippen LogP contribution in [0.4, 0.5) is 5.82 Å². The molecule has 164 valence electrons. The van der Waals surface area contributed by atoms with Crippen molar-refractivity contribution in [2.24, 2.45) is 0 Å². The number of nitrogens with one attached hydrogen (secondary N) is 1. The van der Waals surface area contributed by atoms with E-state index in [4.69, 9.17) is 24.0 Å². The predicted octanol–water partition coefficient (Wildman–Crippen LogP) is 5.58. The minimum absolute atomic E-state index is 0.417. The minimum atomic E-state index is 0.417. The first-order valence-electron chi connectivity index (χ1n) is 10.5. The Morgan fingerprint density at radius 1 is 0.848 bits per heavy atom. The average Bonchev–Trinajstić information content (AvgIpc) is 3.36. The van der Waals surface area contributed by atoms with Gasteiger partial charge in [0.25, 0.3) is 0 Å². The van der Waals surface area contributed by atoms with Crippen molar-refractivity contribution < 1.29 is 14.0 Å². The number of anilines is 1. The summed E-state index contributed by atoms with van der Waals surface area (Å²) in [5.41, 5.74) is 3.34. The Morgan fingerprint density at radius 3 is 2.48 bits per heavy atom. The standard InChI is InChI=1S/C26H22N4O3/c1-31-18-12-13-20(24(15-18)32-2)23-14-19(33-30-23)16-27-26-21-10-6-7-11-22(21)28-25(29-26)17-8-4-3-5-9-17/h3-15H,16H2,1-2H3,(H,27,28,29). The average molecular weight is 438 g/mol. The van der Waals surface area contributed by atoms with Gasteiger partial charge in [-0.15, -0.1) is 0 Å². The third-order valence-corrected chi connectivity index (χ3v) is 5.31. The maximum Gasteiger partial charge on any atom is 0.162 e. The third kappa shape index (κ3) is 4.21. The van der Waals surface area contributed by atoms with Crippen molar-refractivity contribution in [3.63, 3.8) is 0 Å². The van der Waals surface area contributed by atoms with Gasteiger partial charge < -0.3 is 19.3 Å². The van der Waals surface area contributed by atoms with Crippen molar-refractivity contribution in [3.8, 4) is 34.1 Å². The molecule has 0 saturated heterocycles. The number of hydrogen-bond donors (Lipinski definition) is 1. The van der Waals surface area contributed by atoms with Gasteiger partial charge in [0.15, 0.2) is 11.6 Å². The Bertz CT molecular complexity index is 1400. The summed E-state index contributed by atoms with van der Waals surface area (Å²) in [6, 6.07) is 25.3. The summed E-state index contributed by atoms with van der Waals surface area (Å²) in [6.45, 7) is 0.417. The molecule has 0 saturated carbocycles. The predicted molar refractivity (Wildman–Crippen MR) is 127 cm³/mol. The Morgan fingerprint density at radius 2 is 1.67 bits per heavy atom. The number of methoxy groups -OCH3 is 2. The van der Waals surface area contributed by atoms with E-state index in [-0.39, 0.29) is 0 Å². The molecule has 5 aromatic rings. The van der Waals surface area contributed by atoms with E-state index >= 15 is 0 Å². The van der Waals surface area contributed by atoms with Crippen LogP contribution in [0.1, 0.15) is 5.76 Å². The van der Waals surface area contributed by atoms with Crippen molar-refractivity contribution in [2.45, 2.75) is 6.54 Å². The topological polar surface area (TPSA) is 82.3 Å². The Hall–Kier alpha value is -4.39. The molecule has 7 nitrogen and oxygen atoms in total. The fourth-order valence-corrected chi connectivity index (χ4v) is 3.63. The quantitative estimate of drug-likeness (QED) is 0.355. The molecular weight excluding hydrogens is 416 g/mol. The summed E-state index contributed by atoms with van der Waals surface area (Å²) < 4.78 is 16.3. The van der Waals surface area contributed by atoms with Gasteiger partial charge in [-0.05, 0) is 24.3 Å². The van der Waals surface area contributed by atoms with Crippen LogP contribution in [0.15, 0.2) is 83.4 Å². The van der Waals surface area contributed by atoms with Crippen LogP contribution in [0.25, 0.3) is 33.5 Å². The SMILES string of the molecule is COc1ccc(-c2cc(CNc3nc(-c4ccccc4)nc4ccccc34)on2)c(OC)c1. The number of benzene rings is 3. The monoisotopic (exact) mass is 438 g/mol. The molecule has 33 heavy (non-hydrogen) atoms. The first kappa shape index (κ1) is 20.5. The van der Waals surface area contributed by atoms with Crippen molar-refractivity contribution in [1.29, 1.82) is 0 Å². The van der Waals surface area contributed by atoms with Gasteiger partial charge in [-0.2, -0.15) is 0 Å². The van der Waals surface area contributed by atoms with Gasteiger partial charge in [-0.1, -0.05) is 47.6 Å². The molecule has 0 unspecified atom stereocenters. The molecule has 0 fully saturated rings. The summed E-state index contributed by atoms with van der Waals surface area (Å²) in [4.78, 5) is 9.51. The first-order chi connectivity index (χ1) is 16.2. The van der Waals surface area contributed by atoms with Crippen molar-refractivity contribution in [3.05, 3.63) is 84.6 Å². The number of para-hydroxylation sites is 1. The van der Waals surface area contributed by atoms with E-state index in [0.29, 0.717) is 35.3 Å². The Labute approximate surface area is 191 Å². The van der Waals surface area contributed by atoms with Gasteiger partial charge in [-0.25, -0.2) is 9.97 Å². The van der Waals surface area contributed by atoms with Gasteiger partial charge in [0.05, 0.1) is 26.3 Å². The Kier molecular flexibility index (Phi) is 5.59. The van der Waals surface area contributed by atoms with Crippen LogP contribution in [0.5, 0.6) is 11.5 Å². The van der Waals surface area contributed by atoms with Crippen LogP contribution < -0.4 is 14.8 Å². The maximum atomic E-state index is 5.58. The number of aromatic nitrogens is 3. The second-order valence-electron chi connectivity index (χ2n) is 7.38. The highest BCUT2D eigenvalue weighted by Crippen LogP contribution is 2.33. The lowest BCUT2D eigenvalue weighted by Gasteiger charge is -2.10. The summed E-state index contributed by atoms with van der Waals surface area (Å²) in [5.74, 6) is 3.45. The van der Waals surface area contributed by atoms with Crippen LogP contribution in [0.2, 0.25) is 0 Å². The van der Waals surface area contributed by atoms with Crippen molar-refractivity contribution >= 4 is 16.7 Å². The van der Waals surface area contributed by atoms with Crippen molar-refractivity contribution in [1.82, 2.24) is 15.1 Å². The second-order valence-corrected chi connectivity index (χ2v) is 7.38. The zero-order valence-electron chi connectivity index (χ0n) is 18.3. The van der Waals surface area contributed by atoms with E-state index in [9.17, 15) is 0 Å². The molecule has 0 atom stereocenters. The zero-order valence-corrected chi connectivity index (χ0v) is 18.3. The second kappa shape index (κ2) is 9.00. The summed E-state index contributed by atoms with van der Waals surface area (Å²) in [7, 11) is 3.24. The molecule has 0 aliphatic carbocycles. The van der Waals surface area contributed by atoms with E-state index in [1.54, 1.807) is 14.2 Å². The number of fused-ring (bicyclic) bond motifs is 1. The van der Waals surface area contributed by atoms with Crippen LogP contribution in [0.3, 0.4) is 0 Å². The molecule has 2 aromatic heterocycles. The number of hydrogen-bond acceptors (Lipinski definition) is 7. The molecule has 0 radical (unpaired) electrons. The minimum Gasteiger partial charge on any atom is -0.497 e. The maximum absolute atomic E-state index is 5.58. The normalized spacial score (nSPS) is 10.8. The van der Waals surface area contributed by atoms with E-state index in [0.717, 1.165) is 27.8 Å². The van der Waals surface area contributed by atoms with Crippen LogP contribution in [-0.2, 0) is 6.54 Å². The fraction of sp³-hybridized carbons (Fsp3) is 0.115. The summed E-state index contributed by atoms with van der Waals surface area (Å²) >= 11 is 0. The summed E-state index contributed by atoms with van der Waals surface area (Å²) in [5, 5.41) is 8.55. The molecule has 0 bridgehead atoms. The lowest BCUT2D eigenvalue weighted by Crippen LogP contribution is -2.03. The molecule has 0 spiro atoms. The molecule has 3 aromatic carbocycles. The highest BCUT2D eigenvalue weighted by atomic mass is 16.5. The first-order valence-corrected chi connectivity index (χ1v) is 10.5. The highest BCUT2D eigenvalue weighted by molar-refractivity contribution is 5.90. The Balaban J connectivity index is 1.43. The molecular formula is C26H22N4O3. The number of ether oxygens (including phenoxy) is 2.